The lowest BCUT2D eigenvalue weighted by atomic mass is 9.98. The molecule has 0 unspecified atom stereocenters. The molecule has 1 atom stereocenters. The summed E-state index contributed by atoms with van der Waals surface area (Å²) in [5.41, 5.74) is 2.28. The average Bonchev–Trinajstić information content (AvgIpc) is 3.06. The van der Waals surface area contributed by atoms with Crippen LogP contribution in [-0.2, 0) is 18.3 Å². The number of carboxylic acid groups (broad SMARTS) is 2. The molecule has 182 valence electrons. The van der Waals surface area contributed by atoms with Crippen LogP contribution in [0, 0.1) is 6.92 Å². The molecule has 2 N–H and O–H groups in total. The van der Waals surface area contributed by atoms with Crippen molar-refractivity contribution in [3.05, 3.63) is 46.8 Å². The van der Waals surface area contributed by atoms with Crippen molar-refractivity contribution in [2.45, 2.75) is 94.9 Å². The summed E-state index contributed by atoms with van der Waals surface area (Å²) in [6.07, 6.45) is 13.5. The lowest BCUT2D eigenvalue weighted by molar-refractivity contribution is -0.136. The van der Waals surface area contributed by atoms with E-state index in [0.29, 0.717) is 10.9 Å². The van der Waals surface area contributed by atoms with Crippen LogP contribution in [0.2, 0.25) is 0 Å². The number of thioether (sulfide) groups is 1. The average molecular weight is 475 g/mol. The quantitative estimate of drug-likeness (QED) is 0.205. The van der Waals surface area contributed by atoms with E-state index >= 15 is 0 Å². The van der Waals surface area contributed by atoms with Crippen LogP contribution in [-0.4, -0.2) is 31.7 Å². The zero-order chi connectivity index (χ0) is 24.2. The summed E-state index contributed by atoms with van der Waals surface area (Å²) in [5.74, 6) is -2.02. The van der Waals surface area contributed by atoms with Crippen LogP contribution in [0.3, 0.4) is 0 Å². The number of imidazole rings is 1. The highest BCUT2D eigenvalue weighted by molar-refractivity contribution is 8.00. The van der Waals surface area contributed by atoms with Crippen LogP contribution >= 0.6 is 11.8 Å². The molecular weight excluding hydrogens is 436 g/mol. The number of nitrogens with zero attached hydrogens (tertiary/aromatic N) is 2. The van der Waals surface area contributed by atoms with Gasteiger partial charge in [0, 0.05) is 7.05 Å². The zero-order valence-electron chi connectivity index (χ0n) is 20.2. The smallest absolute Gasteiger partial charge is 0.354 e. The number of hydrogen-bond acceptors (Lipinski definition) is 4. The largest absolute Gasteiger partial charge is 0.480 e. The molecule has 0 aliphatic carbocycles. The number of benzene rings is 1. The van der Waals surface area contributed by atoms with Crippen molar-refractivity contribution in [1.29, 1.82) is 0 Å². The van der Waals surface area contributed by atoms with E-state index in [9.17, 15) is 19.8 Å². The Morgan fingerprint density at radius 1 is 0.970 bits per heavy atom. The van der Waals surface area contributed by atoms with E-state index in [0.717, 1.165) is 42.2 Å². The van der Waals surface area contributed by atoms with Crippen molar-refractivity contribution in [3.8, 4) is 0 Å². The second-order valence-corrected chi connectivity index (χ2v) is 9.73. The number of aryl methyl sites for hydroxylation is 2. The topological polar surface area (TPSA) is 92.4 Å². The number of carboxylic acids is 2. The molecule has 0 aliphatic rings. The van der Waals surface area contributed by atoms with E-state index in [1.807, 2.05) is 24.3 Å². The molecule has 0 saturated carbocycles. The van der Waals surface area contributed by atoms with Gasteiger partial charge >= 0.3 is 11.9 Å². The standard InChI is InChI=1S/C26H38N2O4S/c1-4-5-6-7-8-9-10-11-12-13-16-20-17-14-15-18-21(20)23(25(31)32)33-26-27-19(2)22(24(29)30)28(26)3/h14-15,17-18,23H,4-13,16H2,1-3H3,(H,29,30)(H,31,32)/t23-/m0/s1. The Balaban J connectivity index is 1.96. The van der Waals surface area contributed by atoms with Gasteiger partial charge in [-0.15, -0.1) is 0 Å². The Morgan fingerprint density at radius 2 is 1.55 bits per heavy atom. The highest BCUT2D eigenvalue weighted by Gasteiger charge is 2.27. The highest BCUT2D eigenvalue weighted by atomic mass is 32.2. The summed E-state index contributed by atoms with van der Waals surface area (Å²) in [4.78, 5) is 28.0. The number of rotatable bonds is 16. The third-order valence-corrected chi connectivity index (χ3v) is 7.28. The lowest BCUT2D eigenvalue weighted by Crippen LogP contribution is -2.12. The Morgan fingerprint density at radius 3 is 2.09 bits per heavy atom. The summed E-state index contributed by atoms with van der Waals surface area (Å²) in [5, 5.41) is 18.9. The van der Waals surface area contributed by atoms with E-state index in [1.54, 1.807) is 14.0 Å². The number of aromatic carboxylic acids is 1. The van der Waals surface area contributed by atoms with Gasteiger partial charge in [0.05, 0.1) is 5.69 Å². The minimum Gasteiger partial charge on any atom is -0.480 e. The summed E-state index contributed by atoms with van der Waals surface area (Å²) in [6, 6.07) is 7.68. The van der Waals surface area contributed by atoms with E-state index < -0.39 is 17.2 Å². The van der Waals surface area contributed by atoms with Crippen LogP contribution in [0.5, 0.6) is 0 Å². The van der Waals surface area contributed by atoms with E-state index in [1.165, 1.54) is 55.9 Å². The second kappa shape index (κ2) is 14.1. The van der Waals surface area contributed by atoms with Gasteiger partial charge in [-0.05, 0) is 30.9 Å². The number of aromatic nitrogens is 2. The van der Waals surface area contributed by atoms with Crippen molar-refractivity contribution in [2.75, 3.05) is 0 Å². The van der Waals surface area contributed by atoms with Crippen LogP contribution in [0.25, 0.3) is 0 Å². The molecule has 0 aliphatic heterocycles. The summed E-state index contributed by atoms with van der Waals surface area (Å²) in [6.45, 7) is 3.87. The number of carbonyl (C=O) groups is 2. The maximum absolute atomic E-state index is 12.2. The first-order valence-corrected chi connectivity index (χ1v) is 13.0. The molecule has 0 bridgehead atoms. The third kappa shape index (κ3) is 8.22. The van der Waals surface area contributed by atoms with Gasteiger partial charge in [-0.3, -0.25) is 4.79 Å². The zero-order valence-corrected chi connectivity index (χ0v) is 21.0. The second-order valence-electron chi connectivity index (χ2n) is 8.66. The fourth-order valence-corrected chi connectivity index (χ4v) is 5.29. The highest BCUT2D eigenvalue weighted by Crippen LogP contribution is 2.37. The van der Waals surface area contributed by atoms with Crippen molar-refractivity contribution in [2.24, 2.45) is 7.05 Å². The van der Waals surface area contributed by atoms with Crippen LogP contribution in [0.1, 0.15) is 104 Å². The minimum atomic E-state index is -1.07. The Bertz CT molecular complexity index is 910. The molecule has 0 spiro atoms. The fourth-order valence-electron chi connectivity index (χ4n) is 4.19. The van der Waals surface area contributed by atoms with Gasteiger partial charge in [0.15, 0.2) is 10.9 Å². The molecule has 6 nitrogen and oxygen atoms in total. The molecule has 0 fully saturated rings. The normalized spacial score (nSPS) is 12.1. The van der Waals surface area contributed by atoms with Crippen molar-refractivity contribution >= 4 is 23.7 Å². The van der Waals surface area contributed by atoms with Crippen molar-refractivity contribution in [1.82, 2.24) is 9.55 Å². The van der Waals surface area contributed by atoms with E-state index in [-0.39, 0.29) is 5.69 Å². The molecular formula is C26H38N2O4S. The fraction of sp³-hybridized carbons (Fsp3) is 0.577. The van der Waals surface area contributed by atoms with E-state index in [4.69, 9.17) is 0 Å². The van der Waals surface area contributed by atoms with Crippen molar-refractivity contribution < 1.29 is 19.8 Å². The summed E-state index contributed by atoms with van der Waals surface area (Å²) < 4.78 is 1.46. The monoisotopic (exact) mass is 474 g/mol. The van der Waals surface area contributed by atoms with Gasteiger partial charge in [0.25, 0.3) is 0 Å². The number of unbranched alkanes of at least 4 members (excludes halogenated alkanes) is 9. The lowest BCUT2D eigenvalue weighted by Gasteiger charge is -2.16. The third-order valence-electron chi connectivity index (χ3n) is 6.02. The molecule has 1 aromatic heterocycles. The number of hydrogen-bond donors (Lipinski definition) is 2. The minimum absolute atomic E-state index is 0.0836. The predicted molar refractivity (Wildman–Crippen MR) is 133 cm³/mol. The van der Waals surface area contributed by atoms with Gasteiger partial charge < -0.3 is 14.8 Å². The van der Waals surface area contributed by atoms with E-state index in [2.05, 4.69) is 11.9 Å². The molecule has 0 saturated heterocycles. The van der Waals surface area contributed by atoms with Crippen LogP contribution < -0.4 is 0 Å². The first kappa shape index (κ1) is 27.0. The molecule has 7 heteroatoms. The SMILES string of the molecule is CCCCCCCCCCCCc1ccccc1[C@H](Sc1nc(C)c(C(=O)O)n1C)C(=O)O. The molecule has 2 aromatic rings. The Kier molecular flexibility index (Phi) is 11.5. The van der Waals surface area contributed by atoms with Gasteiger partial charge in [0.1, 0.15) is 5.25 Å². The van der Waals surface area contributed by atoms with Gasteiger partial charge in [0.2, 0.25) is 0 Å². The molecule has 33 heavy (non-hydrogen) atoms. The van der Waals surface area contributed by atoms with Gasteiger partial charge in [-0.1, -0.05) is 101 Å². The first-order chi connectivity index (χ1) is 15.9. The molecule has 2 rings (SSSR count). The van der Waals surface area contributed by atoms with Crippen molar-refractivity contribution in [3.63, 3.8) is 0 Å². The molecule has 0 radical (unpaired) electrons. The Labute approximate surface area is 201 Å². The summed E-state index contributed by atoms with van der Waals surface area (Å²) in [7, 11) is 1.61. The van der Waals surface area contributed by atoms with Crippen LogP contribution in [0.15, 0.2) is 29.4 Å². The molecule has 0 amide bonds. The first-order valence-electron chi connectivity index (χ1n) is 12.1. The predicted octanol–water partition coefficient (Wildman–Crippen LogP) is 6.81. The maximum atomic E-state index is 12.2. The van der Waals surface area contributed by atoms with Gasteiger partial charge in [-0.2, -0.15) is 0 Å². The maximum Gasteiger partial charge on any atom is 0.354 e. The number of aliphatic carboxylic acids is 1. The molecule has 1 heterocycles. The summed E-state index contributed by atoms with van der Waals surface area (Å²) >= 11 is 1.09. The molecule has 1 aromatic carbocycles. The van der Waals surface area contributed by atoms with Gasteiger partial charge in [-0.25, -0.2) is 9.78 Å². The van der Waals surface area contributed by atoms with Crippen LogP contribution in [0.4, 0.5) is 0 Å². The Hall–Kier alpha value is -2.28.